The molecule has 3 aliphatic rings. The second kappa shape index (κ2) is 13.0. The van der Waals surface area contributed by atoms with Crippen molar-refractivity contribution < 1.29 is 14.7 Å². The van der Waals surface area contributed by atoms with Gasteiger partial charge in [-0.05, 0) is 104 Å². The third kappa shape index (κ3) is 6.34. The molecule has 2 aromatic rings. The standard InChI is InChI=1S/C36H52N4O3/c1-24(2)19-31(33(42)38-17-10-6-9-16-37)39-34(43)36(27-11-7-5-8-12-27)22-28(36)23-40-18-15-35(4)25(3)32(40)20-26-13-14-29(41)21-30(26)35/h5,7-8,11-14,21,24-25,28,31-32,41H,6,9-10,15-20,22-23,37H2,1-4H3,(H,38,42)(H,39,43)/t25?,28?,31?,32?,35-,36+/m1/s1. The van der Waals surface area contributed by atoms with Gasteiger partial charge in [-0.3, -0.25) is 14.5 Å². The van der Waals surface area contributed by atoms with Gasteiger partial charge in [-0.1, -0.05) is 70.5 Å². The van der Waals surface area contributed by atoms with Crippen molar-refractivity contribution in [2.75, 3.05) is 26.2 Å². The van der Waals surface area contributed by atoms with Crippen LogP contribution in [0, 0.1) is 17.8 Å². The highest BCUT2D eigenvalue weighted by Crippen LogP contribution is 2.57. The number of fused-ring (bicyclic) bond motifs is 4. The maximum atomic E-state index is 14.3. The summed E-state index contributed by atoms with van der Waals surface area (Å²) in [7, 11) is 0. The van der Waals surface area contributed by atoms with Crippen molar-refractivity contribution in [2.24, 2.45) is 23.5 Å². The van der Waals surface area contributed by atoms with Crippen molar-refractivity contribution in [3.8, 4) is 5.75 Å². The molecule has 1 heterocycles. The quantitative estimate of drug-likeness (QED) is 0.255. The number of carbonyl (C=O) groups is 2. The Bertz CT molecular complexity index is 1280. The van der Waals surface area contributed by atoms with Crippen molar-refractivity contribution in [1.29, 1.82) is 0 Å². The zero-order chi connectivity index (χ0) is 30.8. The van der Waals surface area contributed by atoms with Crippen molar-refractivity contribution in [1.82, 2.24) is 15.5 Å². The minimum absolute atomic E-state index is 0.0213. The molecule has 7 nitrogen and oxygen atoms in total. The third-order valence-electron chi connectivity index (χ3n) is 10.9. The number of piperidine rings is 1. The number of hydrogen-bond acceptors (Lipinski definition) is 5. The number of phenolic OH excluding ortho intramolecular Hbond substituents is 1. The van der Waals surface area contributed by atoms with Gasteiger partial charge in [-0.25, -0.2) is 0 Å². The maximum absolute atomic E-state index is 14.3. The fourth-order valence-corrected chi connectivity index (χ4v) is 8.02. The molecule has 5 rings (SSSR count). The number of phenols is 1. The lowest BCUT2D eigenvalue weighted by atomic mass is 9.59. The number of rotatable bonds is 13. The van der Waals surface area contributed by atoms with E-state index in [4.69, 9.17) is 5.73 Å². The van der Waals surface area contributed by atoms with Gasteiger partial charge in [0, 0.05) is 19.1 Å². The molecule has 43 heavy (non-hydrogen) atoms. The van der Waals surface area contributed by atoms with Gasteiger partial charge in [0.25, 0.3) is 0 Å². The SMILES string of the molecule is CC(C)CC(NC(=O)[C@]1(c2ccccc2)CC1CN1CC[C@@]2(C)c3cc(O)ccc3CC1C2C)C(=O)NCCCCCN. The van der Waals surface area contributed by atoms with Crippen LogP contribution in [0.1, 0.15) is 82.9 Å². The number of likely N-dealkylation sites (tertiary alicyclic amines) is 1. The zero-order valence-corrected chi connectivity index (χ0v) is 26.6. The molecule has 1 aliphatic heterocycles. The normalized spacial score (nSPS) is 28.7. The van der Waals surface area contributed by atoms with E-state index in [-0.39, 0.29) is 29.1 Å². The number of nitrogens with zero attached hydrogens (tertiary/aromatic N) is 1. The van der Waals surface area contributed by atoms with Crippen LogP contribution in [0.3, 0.4) is 0 Å². The molecule has 2 fully saturated rings. The lowest BCUT2D eigenvalue weighted by molar-refractivity contribution is -0.131. The molecule has 0 radical (unpaired) electrons. The van der Waals surface area contributed by atoms with Gasteiger partial charge in [-0.15, -0.1) is 0 Å². The number of nitrogens with two attached hydrogens (primary N) is 1. The minimum Gasteiger partial charge on any atom is -0.508 e. The van der Waals surface area contributed by atoms with Crippen molar-refractivity contribution >= 4 is 11.8 Å². The summed E-state index contributed by atoms with van der Waals surface area (Å²) >= 11 is 0. The van der Waals surface area contributed by atoms with Gasteiger partial charge in [-0.2, -0.15) is 0 Å². The smallest absolute Gasteiger partial charge is 0.242 e. The second-order valence-electron chi connectivity index (χ2n) is 14.1. The highest BCUT2D eigenvalue weighted by Gasteiger charge is 2.62. The Labute approximate surface area is 258 Å². The van der Waals surface area contributed by atoms with Crippen LogP contribution in [0.25, 0.3) is 0 Å². The molecule has 7 heteroatoms. The summed E-state index contributed by atoms with van der Waals surface area (Å²) in [5, 5.41) is 16.5. The molecule has 6 atom stereocenters. The summed E-state index contributed by atoms with van der Waals surface area (Å²) in [6.45, 7) is 12.0. The Morgan fingerprint density at radius 1 is 1.12 bits per heavy atom. The second-order valence-corrected chi connectivity index (χ2v) is 14.1. The Balaban J connectivity index is 1.32. The molecule has 2 bridgehead atoms. The van der Waals surface area contributed by atoms with E-state index < -0.39 is 11.5 Å². The van der Waals surface area contributed by atoms with Crippen LogP contribution < -0.4 is 16.4 Å². The summed E-state index contributed by atoms with van der Waals surface area (Å²) in [6, 6.07) is 15.9. The minimum atomic E-state index is -0.625. The number of nitrogens with one attached hydrogen (secondary N) is 2. The van der Waals surface area contributed by atoms with Crippen molar-refractivity contribution in [2.45, 2.75) is 95.6 Å². The Morgan fingerprint density at radius 2 is 1.88 bits per heavy atom. The summed E-state index contributed by atoms with van der Waals surface area (Å²) in [5.74, 6) is 1.14. The summed E-state index contributed by atoms with van der Waals surface area (Å²) in [5.41, 5.74) is 8.70. The Morgan fingerprint density at radius 3 is 2.60 bits per heavy atom. The van der Waals surface area contributed by atoms with Gasteiger partial charge < -0.3 is 21.5 Å². The molecule has 234 valence electrons. The van der Waals surface area contributed by atoms with E-state index in [0.717, 1.165) is 57.2 Å². The van der Waals surface area contributed by atoms with Gasteiger partial charge in [0.2, 0.25) is 11.8 Å². The van der Waals surface area contributed by atoms with Crippen molar-refractivity contribution in [3.05, 3.63) is 65.2 Å². The number of hydrogen-bond donors (Lipinski definition) is 4. The molecule has 5 N–H and O–H groups in total. The van der Waals surface area contributed by atoms with Crippen LogP contribution in [0.15, 0.2) is 48.5 Å². The van der Waals surface area contributed by atoms with Crippen LogP contribution >= 0.6 is 0 Å². The third-order valence-corrected chi connectivity index (χ3v) is 10.9. The zero-order valence-electron chi connectivity index (χ0n) is 26.6. The molecular formula is C36H52N4O3. The number of carbonyl (C=O) groups excluding carboxylic acids is 2. The molecular weight excluding hydrogens is 536 g/mol. The first kappa shape index (κ1) is 31.5. The fraction of sp³-hybridized carbons (Fsp3) is 0.611. The first-order valence-electron chi connectivity index (χ1n) is 16.5. The van der Waals surface area contributed by atoms with E-state index >= 15 is 0 Å². The van der Waals surface area contributed by atoms with E-state index in [1.807, 2.05) is 30.3 Å². The average Bonchev–Trinajstić information content (AvgIpc) is 3.71. The van der Waals surface area contributed by atoms with Crippen LogP contribution in [0.2, 0.25) is 0 Å². The highest BCUT2D eigenvalue weighted by molar-refractivity contribution is 5.95. The Kier molecular flexibility index (Phi) is 9.52. The van der Waals surface area contributed by atoms with E-state index in [1.54, 1.807) is 0 Å². The molecule has 2 aromatic carbocycles. The van der Waals surface area contributed by atoms with Crippen LogP contribution in [-0.2, 0) is 26.8 Å². The molecule has 1 saturated carbocycles. The van der Waals surface area contributed by atoms with Gasteiger partial charge in [0.1, 0.15) is 11.8 Å². The number of unbranched alkanes of at least 4 members (excludes halogenated alkanes) is 2. The fourth-order valence-electron chi connectivity index (χ4n) is 8.02. The molecule has 0 spiro atoms. The van der Waals surface area contributed by atoms with Crippen LogP contribution in [0.4, 0.5) is 0 Å². The van der Waals surface area contributed by atoms with Gasteiger partial charge in [0.15, 0.2) is 0 Å². The summed E-state index contributed by atoms with van der Waals surface area (Å²) in [4.78, 5) is 30.2. The van der Waals surface area contributed by atoms with E-state index in [1.165, 1.54) is 11.1 Å². The molecule has 4 unspecified atom stereocenters. The summed E-state index contributed by atoms with van der Waals surface area (Å²) < 4.78 is 0. The lowest BCUT2D eigenvalue weighted by Crippen LogP contribution is -2.58. The van der Waals surface area contributed by atoms with Crippen LogP contribution in [-0.4, -0.2) is 60.1 Å². The van der Waals surface area contributed by atoms with Gasteiger partial charge in [0.05, 0.1) is 5.41 Å². The molecule has 2 amide bonds. The van der Waals surface area contributed by atoms with Crippen molar-refractivity contribution in [3.63, 3.8) is 0 Å². The number of amides is 2. The lowest BCUT2D eigenvalue weighted by Gasteiger charge is -2.55. The Hall–Kier alpha value is -2.90. The number of aromatic hydroxyl groups is 1. The monoisotopic (exact) mass is 588 g/mol. The molecule has 2 aliphatic carbocycles. The predicted octanol–water partition coefficient (Wildman–Crippen LogP) is 4.65. The average molecular weight is 589 g/mol. The topological polar surface area (TPSA) is 108 Å². The summed E-state index contributed by atoms with van der Waals surface area (Å²) in [6.07, 6.45) is 6.22. The van der Waals surface area contributed by atoms with E-state index in [2.05, 4.69) is 61.4 Å². The molecule has 1 saturated heterocycles. The van der Waals surface area contributed by atoms with Crippen LogP contribution in [0.5, 0.6) is 5.75 Å². The first-order valence-corrected chi connectivity index (χ1v) is 16.5. The largest absolute Gasteiger partial charge is 0.508 e. The van der Waals surface area contributed by atoms with E-state index in [0.29, 0.717) is 37.2 Å². The van der Waals surface area contributed by atoms with Gasteiger partial charge >= 0.3 is 0 Å². The predicted molar refractivity (Wildman–Crippen MR) is 172 cm³/mol. The highest BCUT2D eigenvalue weighted by atomic mass is 16.3. The van der Waals surface area contributed by atoms with E-state index in [9.17, 15) is 14.7 Å². The first-order chi connectivity index (χ1) is 20.6. The number of benzene rings is 2. The maximum Gasteiger partial charge on any atom is 0.242 e. The molecule has 0 aromatic heterocycles.